The molecule has 1 saturated carbocycles. The van der Waals surface area contributed by atoms with Gasteiger partial charge in [-0.3, -0.25) is 4.79 Å². The molecule has 1 atom stereocenters. The summed E-state index contributed by atoms with van der Waals surface area (Å²) in [6, 6.07) is -0.380. The number of nitrogens with two attached hydrogens (primary N) is 1. The summed E-state index contributed by atoms with van der Waals surface area (Å²) in [5.74, 6) is 0.853. The van der Waals surface area contributed by atoms with Gasteiger partial charge in [0.2, 0.25) is 5.91 Å². The lowest BCUT2D eigenvalue weighted by Crippen LogP contribution is -2.48. The first-order chi connectivity index (χ1) is 9.70. The zero-order chi connectivity index (χ0) is 14.4. The Balaban J connectivity index is 1.66. The summed E-state index contributed by atoms with van der Waals surface area (Å²) in [5, 5.41) is 3.04. The van der Waals surface area contributed by atoms with E-state index in [4.69, 9.17) is 15.2 Å². The van der Waals surface area contributed by atoms with Crippen molar-refractivity contribution in [2.45, 2.75) is 50.7 Å². The molecule has 0 bridgehead atoms. The standard InChI is InChI=1S/C15H28N2O3/c1-19-13-4-2-11(3-5-13)10-17-15(18)14(16)12-6-8-20-9-7-12/h11-14H,2-10,16H2,1H3,(H,17,18). The minimum atomic E-state index is -0.380. The Morgan fingerprint density at radius 3 is 2.50 bits per heavy atom. The van der Waals surface area contributed by atoms with Gasteiger partial charge >= 0.3 is 0 Å². The highest BCUT2D eigenvalue weighted by atomic mass is 16.5. The predicted molar refractivity (Wildman–Crippen MR) is 77.3 cm³/mol. The van der Waals surface area contributed by atoms with Crippen LogP contribution >= 0.6 is 0 Å². The van der Waals surface area contributed by atoms with E-state index in [1.54, 1.807) is 7.11 Å². The summed E-state index contributed by atoms with van der Waals surface area (Å²) in [6.07, 6.45) is 6.66. The molecule has 0 radical (unpaired) electrons. The fraction of sp³-hybridized carbons (Fsp3) is 0.933. The summed E-state index contributed by atoms with van der Waals surface area (Å²) in [5.41, 5.74) is 6.06. The summed E-state index contributed by atoms with van der Waals surface area (Å²) < 4.78 is 10.7. The number of hydrogen-bond donors (Lipinski definition) is 2. The van der Waals surface area contributed by atoms with E-state index in [1.165, 1.54) is 0 Å². The molecule has 5 nitrogen and oxygen atoms in total. The minimum Gasteiger partial charge on any atom is -0.381 e. The van der Waals surface area contributed by atoms with Gasteiger partial charge in [-0.1, -0.05) is 0 Å². The van der Waals surface area contributed by atoms with E-state index in [2.05, 4.69) is 5.32 Å². The van der Waals surface area contributed by atoms with Crippen molar-refractivity contribution in [1.29, 1.82) is 0 Å². The maximum absolute atomic E-state index is 12.1. The highest BCUT2D eigenvalue weighted by Gasteiger charge is 2.27. The van der Waals surface area contributed by atoms with Crippen LogP contribution in [0.15, 0.2) is 0 Å². The summed E-state index contributed by atoms with van der Waals surface area (Å²) in [6.45, 7) is 2.21. The van der Waals surface area contributed by atoms with E-state index in [-0.39, 0.29) is 17.9 Å². The number of carbonyl (C=O) groups is 1. The van der Waals surface area contributed by atoms with E-state index in [0.717, 1.165) is 58.3 Å². The van der Waals surface area contributed by atoms with Crippen molar-refractivity contribution < 1.29 is 14.3 Å². The van der Waals surface area contributed by atoms with E-state index in [9.17, 15) is 4.79 Å². The van der Waals surface area contributed by atoms with E-state index >= 15 is 0 Å². The Hall–Kier alpha value is -0.650. The molecule has 1 aliphatic carbocycles. The Morgan fingerprint density at radius 2 is 1.90 bits per heavy atom. The van der Waals surface area contributed by atoms with Crippen molar-refractivity contribution in [3.8, 4) is 0 Å². The molecule has 0 aromatic rings. The monoisotopic (exact) mass is 284 g/mol. The number of hydrogen-bond acceptors (Lipinski definition) is 4. The Labute approximate surface area is 121 Å². The Morgan fingerprint density at radius 1 is 1.25 bits per heavy atom. The van der Waals surface area contributed by atoms with Gasteiger partial charge in [0, 0.05) is 26.9 Å². The van der Waals surface area contributed by atoms with Gasteiger partial charge in [-0.15, -0.1) is 0 Å². The third-order valence-electron chi connectivity index (χ3n) is 4.77. The van der Waals surface area contributed by atoms with Gasteiger partial charge in [-0.05, 0) is 50.4 Å². The maximum atomic E-state index is 12.1. The number of rotatable bonds is 5. The van der Waals surface area contributed by atoms with Gasteiger partial charge in [0.1, 0.15) is 0 Å². The van der Waals surface area contributed by atoms with Crippen LogP contribution in [0.1, 0.15) is 38.5 Å². The molecule has 1 saturated heterocycles. The molecule has 3 N–H and O–H groups in total. The van der Waals surface area contributed by atoms with Crippen molar-refractivity contribution in [2.75, 3.05) is 26.9 Å². The summed E-state index contributed by atoms with van der Waals surface area (Å²) in [7, 11) is 1.78. The molecule has 116 valence electrons. The largest absolute Gasteiger partial charge is 0.381 e. The molecule has 0 aromatic heterocycles. The Kier molecular flexibility index (Phi) is 6.26. The normalized spacial score (nSPS) is 29.9. The molecular formula is C15H28N2O3. The van der Waals surface area contributed by atoms with Crippen LogP contribution in [-0.2, 0) is 14.3 Å². The lowest BCUT2D eigenvalue weighted by molar-refractivity contribution is -0.124. The van der Waals surface area contributed by atoms with Gasteiger partial charge in [-0.2, -0.15) is 0 Å². The predicted octanol–water partition coefficient (Wildman–Crippen LogP) is 1.06. The SMILES string of the molecule is COC1CCC(CNC(=O)C(N)C2CCOCC2)CC1. The zero-order valence-corrected chi connectivity index (χ0v) is 12.5. The van der Waals surface area contributed by atoms with Crippen molar-refractivity contribution in [3.05, 3.63) is 0 Å². The molecule has 0 spiro atoms. The van der Waals surface area contributed by atoms with Crippen molar-refractivity contribution >= 4 is 5.91 Å². The van der Waals surface area contributed by atoms with Gasteiger partial charge in [0.25, 0.3) is 0 Å². The van der Waals surface area contributed by atoms with Crippen LogP contribution in [0.4, 0.5) is 0 Å². The lowest BCUT2D eigenvalue weighted by atomic mass is 9.87. The number of methoxy groups -OCH3 is 1. The van der Waals surface area contributed by atoms with Gasteiger partial charge in [0.15, 0.2) is 0 Å². The summed E-state index contributed by atoms with van der Waals surface area (Å²) >= 11 is 0. The van der Waals surface area contributed by atoms with Gasteiger partial charge in [-0.25, -0.2) is 0 Å². The van der Waals surface area contributed by atoms with Crippen molar-refractivity contribution in [1.82, 2.24) is 5.32 Å². The van der Waals surface area contributed by atoms with Crippen LogP contribution in [0.25, 0.3) is 0 Å². The highest BCUT2D eigenvalue weighted by molar-refractivity contribution is 5.81. The molecule has 1 amide bonds. The maximum Gasteiger partial charge on any atom is 0.237 e. The van der Waals surface area contributed by atoms with Crippen LogP contribution in [0.3, 0.4) is 0 Å². The first-order valence-electron chi connectivity index (χ1n) is 7.84. The number of carbonyl (C=O) groups excluding carboxylic acids is 1. The Bertz CT molecular complexity index is 297. The fourth-order valence-corrected chi connectivity index (χ4v) is 3.22. The van der Waals surface area contributed by atoms with Crippen molar-refractivity contribution in [2.24, 2.45) is 17.6 Å². The third kappa shape index (κ3) is 4.43. The zero-order valence-electron chi connectivity index (χ0n) is 12.5. The van der Waals surface area contributed by atoms with Crippen LogP contribution in [-0.4, -0.2) is 44.9 Å². The molecule has 2 rings (SSSR count). The molecular weight excluding hydrogens is 256 g/mol. The second-order valence-corrected chi connectivity index (χ2v) is 6.10. The molecule has 1 unspecified atom stereocenters. The molecule has 0 aromatic carbocycles. The van der Waals surface area contributed by atoms with Crippen LogP contribution in [0, 0.1) is 11.8 Å². The lowest BCUT2D eigenvalue weighted by Gasteiger charge is -2.29. The smallest absolute Gasteiger partial charge is 0.237 e. The fourth-order valence-electron chi connectivity index (χ4n) is 3.22. The average molecular weight is 284 g/mol. The van der Waals surface area contributed by atoms with Crippen LogP contribution in [0.2, 0.25) is 0 Å². The van der Waals surface area contributed by atoms with Gasteiger partial charge < -0.3 is 20.5 Å². The number of ether oxygens (including phenoxy) is 2. The minimum absolute atomic E-state index is 0.00534. The molecule has 2 fully saturated rings. The second-order valence-electron chi connectivity index (χ2n) is 6.10. The number of amides is 1. The second kappa shape index (κ2) is 7.96. The summed E-state index contributed by atoms with van der Waals surface area (Å²) in [4.78, 5) is 12.1. The molecule has 20 heavy (non-hydrogen) atoms. The van der Waals surface area contributed by atoms with E-state index < -0.39 is 0 Å². The van der Waals surface area contributed by atoms with Crippen LogP contribution in [0.5, 0.6) is 0 Å². The van der Waals surface area contributed by atoms with E-state index in [1.807, 2.05) is 0 Å². The first kappa shape index (κ1) is 15.7. The third-order valence-corrected chi connectivity index (χ3v) is 4.77. The topological polar surface area (TPSA) is 73.6 Å². The van der Waals surface area contributed by atoms with Crippen LogP contribution < -0.4 is 11.1 Å². The first-order valence-corrected chi connectivity index (χ1v) is 7.84. The van der Waals surface area contributed by atoms with Crippen molar-refractivity contribution in [3.63, 3.8) is 0 Å². The molecule has 1 aliphatic heterocycles. The molecule has 1 heterocycles. The quantitative estimate of drug-likeness (QED) is 0.792. The highest BCUT2D eigenvalue weighted by Crippen LogP contribution is 2.25. The number of nitrogens with one attached hydrogen (secondary N) is 1. The van der Waals surface area contributed by atoms with E-state index in [0.29, 0.717) is 12.0 Å². The molecule has 2 aliphatic rings. The van der Waals surface area contributed by atoms with Gasteiger partial charge in [0.05, 0.1) is 12.1 Å². The average Bonchev–Trinajstić information content (AvgIpc) is 2.53. The molecule has 5 heteroatoms.